The van der Waals surface area contributed by atoms with E-state index in [9.17, 15) is 14.4 Å². The van der Waals surface area contributed by atoms with Crippen LogP contribution in [0.1, 0.15) is 31.4 Å². The van der Waals surface area contributed by atoms with Crippen LogP contribution in [-0.2, 0) is 19.2 Å². The van der Waals surface area contributed by atoms with Gasteiger partial charge in [-0.25, -0.2) is 13.6 Å². The third-order valence-electron chi connectivity index (χ3n) is 5.56. The van der Waals surface area contributed by atoms with Gasteiger partial charge in [-0.3, -0.25) is 14.1 Å². The van der Waals surface area contributed by atoms with Gasteiger partial charge in [-0.15, -0.1) is 5.06 Å². The summed E-state index contributed by atoms with van der Waals surface area (Å²) >= 11 is 0. The zero-order chi connectivity index (χ0) is 21.5. The molecule has 2 aromatic rings. The third kappa shape index (κ3) is 3.32. The summed E-state index contributed by atoms with van der Waals surface area (Å²) in [5.74, 6) is -1.75. The second-order valence-corrected chi connectivity index (χ2v) is 7.50. The number of allylic oxidation sites excluding steroid dienone is 2. The first-order valence-corrected chi connectivity index (χ1v) is 10.0. The van der Waals surface area contributed by atoms with Gasteiger partial charge in [-0.2, -0.15) is 0 Å². The maximum absolute atomic E-state index is 15.7. The topological polar surface area (TPSA) is 71.6 Å². The first kappa shape index (κ1) is 19.2. The molecule has 0 spiro atoms. The van der Waals surface area contributed by atoms with Gasteiger partial charge in [0, 0.05) is 48.9 Å². The van der Waals surface area contributed by atoms with E-state index in [4.69, 9.17) is 4.84 Å². The minimum Gasteiger partial charge on any atom is -0.330 e. The number of carbonyl (C=O) groups excluding carboxylic acids is 3. The molecule has 2 amide bonds. The fourth-order valence-corrected chi connectivity index (χ4v) is 4.06. The minimum atomic E-state index is -1.47. The number of hydrogen-bond donors (Lipinski definition) is 0. The monoisotopic (exact) mass is 418 g/mol. The van der Waals surface area contributed by atoms with Gasteiger partial charge in [0.1, 0.15) is 0 Å². The van der Waals surface area contributed by atoms with E-state index in [2.05, 4.69) is 0 Å². The van der Waals surface area contributed by atoms with Crippen LogP contribution >= 0.6 is 0 Å². The highest BCUT2D eigenvalue weighted by Crippen LogP contribution is 2.31. The third-order valence-corrected chi connectivity index (χ3v) is 5.56. The average molecular weight is 418 g/mol. The predicted octanol–water partition coefficient (Wildman–Crippen LogP) is 2.72. The number of benzene rings is 1. The Morgan fingerprint density at radius 3 is 2.55 bits per heavy atom. The standard InChI is InChI=1S/C22H18BFN3O4/c24-23-25-16(9-13-22(30)31-27-20(28)11-12-21(27)29)6-7-17(25)14-18-8-10-19(26(18)23)15-4-2-1-3-5-15/h1-8,10,14H,9,11-13H2/q+1. The van der Waals surface area contributed by atoms with Crippen molar-refractivity contribution in [1.82, 2.24) is 9.54 Å². The lowest BCUT2D eigenvalue weighted by Gasteiger charge is -2.16. The fraction of sp³-hybridized carbons (Fsp3) is 0.182. The molecule has 0 unspecified atom stereocenters. The zero-order valence-electron chi connectivity index (χ0n) is 16.5. The lowest BCUT2D eigenvalue weighted by Crippen LogP contribution is -2.39. The summed E-state index contributed by atoms with van der Waals surface area (Å²) in [6.07, 6.45) is 5.68. The van der Waals surface area contributed by atoms with E-state index in [1.807, 2.05) is 48.5 Å². The Labute approximate surface area is 177 Å². The smallest absolute Gasteiger partial charge is 0.330 e. The summed E-state index contributed by atoms with van der Waals surface area (Å²) in [5, 5.41) is 0.528. The Balaban J connectivity index is 1.36. The highest BCUT2D eigenvalue weighted by atomic mass is 19.1. The van der Waals surface area contributed by atoms with Crippen LogP contribution in [0.4, 0.5) is 4.32 Å². The van der Waals surface area contributed by atoms with E-state index in [0.29, 0.717) is 16.5 Å². The molecule has 1 aromatic carbocycles. The van der Waals surface area contributed by atoms with Gasteiger partial charge in [0.25, 0.3) is 11.8 Å². The number of halogens is 1. The molecule has 0 bridgehead atoms. The van der Waals surface area contributed by atoms with Crippen LogP contribution in [0.25, 0.3) is 17.3 Å². The predicted molar refractivity (Wildman–Crippen MR) is 111 cm³/mol. The zero-order valence-corrected chi connectivity index (χ0v) is 16.5. The van der Waals surface area contributed by atoms with Crippen molar-refractivity contribution in [3.8, 4) is 11.3 Å². The molecule has 1 saturated heterocycles. The van der Waals surface area contributed by atoms with Crippen LogP contribution < -0.4 is 0 Å². The molecule has 1 aromatic heterocycles. The second kappa shape index (κ2) is 7.50. The van der Waals surface area contributed by atoms with Crippen LogP contribution in [0, 0.1) is 0 Å². The van der Waals surface area contributed by atoms with Gasteiger partial charge in [0.2, 0.25) is 0 Å². The van der Waals surface area contributed by atoms with Crippen LogP contribution in [0.5, 0.6) is 0 Å². The molecule has 9 heteroatoms. The number of amides is 2. The van der Waals surface area contributed by atoms with Crippen molar-refractivity contribution >= 4 is 36.8 Å². The highest BCUT2D eigenvalue weighted by Gasteiger charge is 2.47. The van der Waals surface area contributed by atoms with Gasteiger partial charge in [0.05, 0.1) is 6.42 Å². The van der Waals surface area contributed by atoms with Crippen LogP contribution in [0.3, 0.4) is 0 Å². The summed E-state index contributed by atoms with van der Waals surface area (Å²) in [4.78, 5) is 40.2. The molecule has 0 N–H and O–H groups in total. The van der Waals surface area contributed by atoms with Crippen molar-refractivity contribution in [3.05, 3.63) is 66.0 Å². The SMILES string of the molecule is O=C(CCC1=[N+]2B(F)n3c(ccc3-c3ccccc3)C=C2C=C1)ON1C(=O)CCC1=O. The number of hydroxylamine groups is 2. The molecule has 7 nitrogen and oxygen atoms in total. The Kier molecular flexibility index (Phi) is 4.65. The van der Waals surface area contributed by atoms with Gasteiger partial charge < -0.3 is 4.84 Å². The second-order valence-electron chi connectivity index (χ2n) is 7.50. The van der Waals surface area contributed by atoms with Gasteiger partial charge in [0.15, 0.2) is 11.4 Å². The molecule has 0 saturated carbocycles. The van der Waals surface area contributed by atoms with E-state index in [-0.39, 0.29) is 25.7 Å². The van der Waals surface area contributed by atoms with E-state index < -0.39 is 25.0 Å². The summed E-state index contributed by atoms with van der Waals surface area (Å²) in [5.41, 5.74) is 3.74. The molecule has 1 fully saturated rings. The molecule has 4 heterocycles. The van der Waals surface area contributed by atoms with Gasteiger partial charge in [-0.05, 0) is 17.7 Å². The van der Waals surface area contributed by atoms with E-state index in [0.717, 1.165) is 17.0 Å². The van der Waals surface area contributed by atoms with Crippen molar-refractivity contribution in [2.24, 2.45) is 0 Å². The maximum Gasteiger partial charge on any atom is 0.846 e. The normalized spacial score (nSPS) is 17.3. The van der Waals surface area contributed by atoms with E-state index >= 15 is 4.32 Å². The van der Waals surface area contributed by atoms with E-state index in [1.165, 1.54) is 0 Å². The van der Waals surface area contributed by atoms with Gasteiger partial charge in [-0.1, -0.05) is 30.3 Å². The number of rotatable bonds is 5. The largest absolute Gasteiger partial charge is 0.846 e. The number of hydrogen-bond acceptors (Lipinski definition) is 4. The quantitative estimate of drug-likeness (QED) is 0.553. The fourth-order valence-electron chi connectivity index (χ4n) is 4.06. The van der Waals surface area contributed by atoms with Crippen LogP contribution in [-0.4, -0.2) is 44.8 Å². The number of carbonyl (C=O) groups is 3. The molecular formula is C22H18BFN3O4+. The lowest BCUT2D eigenvalue weighted by molar-refractivity contribution is -0.335. The van der Waals surface area contributed by atoms with Crippen molar-refractivity contribution < 1.29 is 28.0 Å². The summed E-state index contributed by atoms with van der Waals surface area (Å²) in [7, 11) is -1.47. The van der Waals surface area contributed by atoms with Crippen LogP contribution in [0.2, 0.25) is 0 Å². The Hall–Kier alpha value is -3.75. The molecule has 0 radical (unpaired) electrons. The Morgan fingerprint density at radius 1 is 1.06 bits per heavy atom. The minimum absolute atomic E-state index is 0.0423. The van der Waals surface area contributed by atoms with Crippen molar-refractivity contribution in [1.29, 1.82) is 0 Å². The number of aromatic nitrogens is 1. The number of fused-ring (bicyclic) bond motifs is 2. The molecule has 0 atom stereocenters. The molecule has 5 rings (SSSR count). The van der Waals surface area contributed by atoms with E-state index in [1.54, 1.807) is 21.1 Å². The van der Waals surface area contributed by atoms with Crippen molar-refractivity contribution in [2.75, 3.05) is 0 Å². The molecule has 154 valence electrons. The molecular weight excluding hydrogens is 400 g/mol. The maximum atomic E-state index is 15.7. The molecule has 0 aliphatic carbocycles. The lowest BCUT2D eigenvalue weighted by atomic mass is 9.95. The van der Waals surface area contributed by atoms with Gasteiger partial charge >= 0.3 is 13.2 Å². The summed E-state index contributed by atoms with van der Waals surface area (Å²) in [6, 6.07) is 13.4. The van der Waals surface area contributed by atoms with Crippen molar-refractivity contribution in [3.63, 3.8) is 0 Å². The number of nitrogens with zero attached hydrogens (tertiary/aromatic N) is 3. The first-order valence-electron chi connectivity index (χ1n) is 10.0. The summed E-state index contributed by atoms with van der Waals surface area (Å²) in [6.45, 7) is 0. The Morgan fingerprint density at radius 2 is 1.81 bits per heavy atom. The van der Waals surface area contributed by atoms with Crippen LogP contribution in [0.15, 0.2) is 60.3 Å². The summed E-state index contributed by atoms with van der Waals surface area (Å²) < 4.78 is 18.8. The average Bonchev–Trinajstić information content (AvgIpc) is 3.47. The number of imide groups is 1. The highest BCUT2D eigenvalue weighted by molar-refractivity contribution is 6.44. The molecule has 31 heavy (non-hydrogen) atoms. The molecule has 3 aliphatic rings. The molecule has 3 aliphatic heterocycles. The first-order chi connectivity index (χ1) is 15.0. The Bertz CT molecular complexity index is 1180. The van der Waals surface area contributed by atoms with Crippen molar-refractivity contribution in [2.45, 2.75) is 25.7 Å².